The predicted molar refractivity (Wildman–Crippen MR) is 73.8 cm³/mol. The van der Waals surface area contributed by atoms with E-state index < -0.39 is 0 Å². The number of hydrogen-bond acceptors (Lipinski definition) is 2. The SMILES string of the molecule is CCCCCN(C)C(=O)CC(N)CC(C)(C)C. The number of carbonyl (C=O) groups is 1. The molecule has 0 radical (unpaired) electrons. The molecule has 0 saturated heterocycles. The molecule has 0 aromatic carbocycles. The van der Waals surface area contributed by atoms with Gasteiger partial charge in [-0.15, -0.1) is 0 Å². The number of hydrogen-bond donors (Lipinski definition) is 1. The fourth-order valence-electron chi connectivity index (χ4n) is 1.96. The van der Waals surface area contributed by atoms with E-state index in [2.05, 4.69) is 27.7 Å². The molecule has 17 heavy (non-hydrogen) atoms. The summed E-state index contributed by atoms with van der Waals surface area (Å²) < 4.78 is 0. The number of nitrogens with two attached hydrogens (primary N) is 1. The van der Waals surface area contributed by atoms with E-state index in [0.717, 1.165) is 19.4 Å². The summed E-state index contributed by atoms with van der Waals surface area (Å²) in [5.41, 5.74) is 6.20. The maximum atomic E-state index is 11.9. The average molecular weight is 242 g/mol. The minimum atomic E-state index is -0.0175. The zero-order valence-electron chi connectivity index (χ0n) is 12.3. The third-order valence-electron chi connectivity index (χ3n) is 2.83. The fraction of sp³-hybridized carbons (Fsp3) is 0.929. The van der Waals surface area contributed by atoms with Crippen LogP contribution in [0.4, 0.5) is 0 Å². The lowest BCUT2D eigenvalue weighted by Crippen LogP contribution is -2.35. The van der Waals surface area contributed by atoms with Crippen LogP contribution in [0.3, 0.4) is 0 Å². The van der Waals surface area contributed by atoms with Crippen molar-refractivity contribution in [1.29, 1.82) is 0 Å². The highest BCUT2D eigenvalue weighted by Crippen LogP contribution is 2.21. The normalized spacial score (nSPS) is 13.5. The zero-order chi connectivity index (χ0) is 13.5. The van der Waals surface area contributed by atoms with Gasteiger partial charge < -0.3 is 10.6 Å². The van der Waals surface area contributed by atoms with E-state index in [1.165, 1.54) is 12.8 Å². The molecule has 0 rings (SSSR count). The molecule has 0 aliphatic heterocycles. The molecule has 1 unspecified atom stereocenters. The van der Waals surface area contributed by atoms with Crippen molar-refractivity contribution in [3.05, 3.63) is 0 Å². The van der Waals surface area contributed by atoms with E-state index in [1.807, 2.05) is 11.9 Å². The molecule has 0 aliphatic carbocycles. The van der Waals surface area contributed by atoms with Crippen LogP contribution in [0.2, 0.25) is 0 Å². The van der Waals surface area contributed by atoms with E-state index >= 15 is 0 Å². The first-order valence-electron chi connectivity index (χ1n) is 6.76. The van der Waals surface area contributed by atoms with E-state index in [4.69, 9.17) is 5.73 Å². The van der Waals surface area contributed by atoms with Gasteiger partial charge in [-0.25, -0.2) is 0 Å². The first-order chi connectivity index (χ1) is 7.76. The first-order valence-corrected chi connectivity index (χ1v) is 6.76. The summed E-state index contributed by atoms with van der Waals surface area (Å²) in [5, 5.41) is 0. The molecule has 1 atom stereocenters. The van der Waals surface area contributed by atoms with Crippen molar-refractivity contribution in [2.75, 3.05) is 13.6 Å². The molecular formula is C14H30N2O. The number of carbonyl (C=O) groups excluding carboxylic acids is 1. The Hall–Kier alpha value is -0.570. The molecule has 0 saturated carbocycles. The standard InChI is InChI=1S/C14H30N2O/c1-6-7-8-9-16(5)13(17)10-12(15)11-14(2,3)4/h12H,6-11,15H2,1-5H3. The van der Waals surface area contributed by atoms with Crippen LogP contribution >= 0.6 is 0 Å². The van der Waals surface area contributed by atoms with Crippen LogP contribution in [0.15, 0.2) is 0 Å². The molecule has 102 valence electrons. The minimum Gasteiger partial charge on any atom is -0.346 e. The molecule has 0 aromatic heterocycles. The molecule has 0 bridgehead atoms. The Bertz CT molecular complexity index is 221. The monoisotopic (exact) mass is 242 g/mol. The molecule has 0 spiro atoms. The van der Waals surface area contributed by atoms with Crippen LogP contribution in [0.25, 0.3) is 0 Å². The number of unbranched alkanes of at least 4 members (excludes halogenated alkanes) is 2. The molecule has 2 N–H and O–H groups in total. The van der Waals surface area contributed by atoms with Gasteiger partial charge in [0, 0.05) is 26.1 Å². The van der Waals surface area contributed by atoms with Crippen LogP contribution in [0, 0.1) is 5.41 Å². The van der Waals surface area contributed by atoms with Gasteiger partial charge in [0.2, 0.25) is 5.91 Å². The van der Waals surface area contributed by atoms with Gasteiger partial charge in [-0.2, -0.15) is 0 Å². The van der Waals surface area contributed by atoms with E-state index in [9.17, 15) is 4.79 Å². The molecule has 0 heterocycles. The lowest BCUT2D eigenvalue weighted by Gasteiger charge is -2.24. The van der Waals surface area contributed by atoms with Gasteiger partial charge in [-0.3, -0.25) is 4.79 Å². The van der Waals surface area contributed by atoms with Crippen molar-refractivity contribution in [3.8, 4) is 0 Å². The summed E-state index contributed by atoms with van der Waals surface area (Å²) in [6.45, 7) is 9.49. The van der Waals surface area contributed by atoms with E-state index in [-0.39, 0.29) is 17.4 Å². The van der Waals surface area contributed by atoms with Crippen molar-refractivity contribution in [2.45, 2.75) is 65.8 Å². The van der Waals surface area contributed by atoms with Gasteiger partial charge in [0.05, 0.1) is 0 Å². The second-order valence-electron chi connectivity index (χ2n) is 6.25. The van der Waals surface area contributed by atoms with Crippen LogP contribution in [-0.2, 0) is 4.79 Å². The Morgan fingerprint density at radius 3 is 2.35 bits per heavy atom. The average Bonchev–Trinajstić information content (AvgIpc) is 2.14. The Morgan fingerprint density at radius 1 is 1.29 bits per heavy atom. The Morgan fingerprint density at radius 2 is 1.88 bits per heavy atom. The summed E-state index contributed by atoms with van der Waals surface area (Å²) in [6, 6.07) is -0.0175. The molecule has 0 fully saturated rings. The van der Waals surface area contributed by atoms with Gasteiger partial charge in [0.25, 0.3) is 0 Å². The van der Waals surface area contributed by atoms with Crippen molar-refractivity contribution in [1.82, 2.24) is 4.90 Å². The predicted octanol–water partition coefficient (Wildman–Crippen LogP) is 2.79. The second-order valence-corrected chi connectivity index (χ2v) is 6.25. The van der Waals surface area contributed by atoms with Crippen molar-refractivity contribution in [2.24, 2.45) is 11.1 Å². The Kier molecular flexibility index (Phi) is 7.44. The summed E-state index contributed by atoms with van der Waals surface area (Å²) in [7, 11) is 1.88. The van der Waals surface area contributed by atoms with E-state index in [0.29, 0.717) is 6.42 Å². The van der Waals surface area contributed by atoms with Crippen LogP contribution < -0.4 is 5.73 Å². The highest BCUT2D eigenvalue weighted by Gasteiger charge is 2.19. The molecule has 3 nitrogen and oxygen atoms in total. The number of nitrogens with zero attached hydrogens (tertiary/aromatic N) is 1. The van der Waals surface area contributed by atoms with E-state index in [1.54, 1.807) is 0 Å². The first kappa shape index (κ1) is 16.4. The van der Waals surface area contributed by atoms with Gasteiger partial charge in [0.1, 0.15) is 0 Å². The molecule has 0 aromatic rings. The molecule has 0 aliphatic rings. The third kappa shape index (κ3) is 9.16. The molecular weight excluding hydrogens is 212 g/mol. The van der Waals surface area contributed by atoms with Gasteiger partial charge >= 0.3 is 0 Å². The highest BCUT2D eigenvalue weighted by molar-refractivity contribution is 5.76. The lowest BCUT2D eigenvalue weighted by atomic mass is 9.87. The van der Waals surface area contributed by atoms with Crippen molar-refractivity contribution in [3.63, 3.8) is 0 Å². The summed E-state index contributed by atoms with van der Waals surface area (Å²) in [5.74, 6) is 0.179. The number of rotatable bonds is 7. The minimum absolute atomic E-state index is 0.0175. The fourth-order valence-corrected chi connectivity index (χ4v) is 1.96. The number of amides is 1. The Balaban J connectivity index is 3.90. The Labute approximate surface area is 107 Å². The molecule has 3 heteroatoms. The third-order valence-corrected chi connectivity index (χ3v) is 2.83. The van der Waals surface area contributed by atoms with Gasteiger partial charge in [0.15, 0.2) is 0 Å². The summed E-state index contributed by atoms with van der Waals surface area (Å²) >= 11 is 0. The zero-order valence-corrected chi connectivity index (χ0v) is 12.3. The quantitative estimate of drug-likeness (QED) is 0.698. The van der Waals surface area contributed by atoms with Gasteiger partial charge in [-0.1, -0.05) is 40.5 Å². The van der Waals surface area contributed by atoms with Crippen LogP contribution in [0.1, 0.15) is 59.8 Å². The lowest BCUT2D eigenvalue weighted by molar-refractivity contribution is -0.130. The van der Waals surface area contributed by atoms with Crippen LogP contribution in [0.5, 0.6) is 0 Å². The maximum absolute atomic E-state index is 11.9. The van der Waals surface area contributed by atoms with Crippen molar-refractivity contribution >= 4 is 5.91 Å². The second kappa shape index (κ2) is 7.70. The smallest absolute Gasteiger partial charge is 0.223 e. The highest BCUT2D eigenvalue weighted by atomic mass is 16.2. The largest absolute Gasteiger partial charge is 0.346 e. The summed E-state index contributed by atoms with van der Waals surface area (Å²) in [4.78, 5) is 13.7. The topological polar surface area (TPSA) is 46.3 Å². The maximum Gasteiger partial charge on any atom is 0.223 e. The van der Waals surface area contributed by atoms with Gasteiger partial charge in [-0.05, 0) is 18.3 Å². The van der Waals surface area contributed by atoms with Crippen LogP contribution in [-0.4, -0.2) is 30.4 Å². The summed E-state index contributed by atoms with van der Waals surface area (Å²) in [6.07, 6.45) is 4.83. The van der Waals surface area contributed by atoms with Crippen molar-refractivity contribution < 1.29 is 4.79 Å². The molecule has 1 amide bonds.